The van der Waals surface area contributed by atoms with Crippen molar-refractivity contribution in [2.24, 2.45) is 5.92 Å². The molecule has 0 aromatic heterocycles. The molecular formula is C14H16ClFN2O. The fraction of sp³-hybridized carbons (Fsp3) is 0.500. The first-order valence-corrected chi connectivity index (χ1v) is 7.01. The van der Waals surface area contributed by atoms with Crippen LogP contribution in [0.4, 0.5) is 4.39 Å². The van der Waals surface area contributed by atoms with Crippen LogP contribution in [0.1, 0.15) is 23.2 Å². The van der Waals surface area contributed by atoms with E-state index in [4.69, 9.17) is 11.6 Å². The van der Waals surface area contributed by atoms with Crippen LogP contribution in [0, 0.1) is 11.7 Å². The molecule has 2 atom stereocenters. The smallest absolute Gasteiger partial charge is 0.257 e. The summed E-state index contributed by atoms with van der Waals surface area (Å²) in [5.74, 6) is -0.235. The van der Waals surface area contributed by atoms with Crippen molar-refractivity contribution in [2.45, 2.75) is 18.9 Å². The minimum Gasteiger partial charge on any atom is -0.334 e. The molecule has 2 unspecified atom stereocenters. The van der Waals surface area contributed by atoms with E-state index >= 15 is 0 Å². The monoisotopic (exact) mass is 282 g/mol. The highest BCUT2D eigenvalue weighted by molar-refractivity contribution is 6.31. The third-order valence-electron chi connectivity index (χ3n) is 4.10. The minimum atomic E-state index is -0.498. The molecule has 1 amide bonds. The number of nitrogens with one attached hydrogen (secondary N) is 1. The van der Waals surface area contributed by atoms with Gasteiger partial charge >= 0.3 is 0 Å². The van der Waals surface area contributed by atoms with E-state index < -0.39 is 5.82 Å². The molecular weight excluding hydrogens is 267 g/mol. The predicted octanol–water partition coefficient (Wildman–Crippen LogP) is 2.30. The van der Waals surface area contributed by atoms with E-state index in [1.54, 1.807) is 0 Å². The van der Waals surface area contributed by atoms with Gasteiger partial charge in [0.15, 0.2) is 0 Å². The lowest BCUT2D eigenvalue weighted by Crippen LogP contribution is -2.48. The summed E-state index contributed by atoms with van der Waals surface area (Å²) >= 11 is 5.86. The normalized spacial score (nSPS) is 26.3. The van der Waals surface area contributed by atoms with Crippen LogP contribution >= 0.6 is 11.6 Å². The number of fused-ring (bicyclic) bond motifs is 1. The molecule has 0 aliphatic carbocycles. The number of benzene rings is 1. The van der Waals surface area contributed by atoms with Crippen molar-refractivity contribution < 1.29 is 9.18 Å². The molecule has 3 nitrogen and oxygen atoms in total. The Morgan fingerprint density at radius 1 is 1.42 bits per heavy atom. The van der Waals surface area contributed by atoms with Gasteiger partial charge < -0.3 is 10.2 Å². The predicted molar refractivity (Wildman–Crippen MR) is 71.8 cm³/mol. The van der Waals surface area contributed by atoms with E-state index in [9.17, 15) is 9.18 Å². The summed E-state index contributed by atoms with van der Waals surface area (Å²) in [4.78, 5) is 14.3. The quantitative estimate of drug-likeness (QED) is 0.857. The number of amides is 1. The van der Waals surface area contributed by atoms with Gasteiger partial charge in [-0.2, -0.15) is 0 Å². The lowest BCUT2D eigenvalue weighted by atomic mass is 9.91. The Bertz CT molecular complexity index is 508. The second-order valence-corrected chi connectivity index (χ2v) is 5.69. The van der Waals surface area contributed by atoms with Crippen LogP contribution in [0.5, 0.6) is 0 Å². The van der Waals surface area contributed by atoms with Crippen molar-refractivity contribution in [2.75, 3.05) is 19.6 Å². The Kier molecular flexibility index (Phi) is 3.46. The SMILES string of the molecule is O=C(c1cc(Cl)ccc1F)N1CCCC2CNCC21. The summed E-state index contributed by atoms with van der Waals surface area (Å²) in [5, 5.41) is 3.70. The van der Waals surface area contributed by atoms with Crippen molar-refractivity contribution in [1.29, 1.82) is 0 Å². The number of carbonyl (C=O) groups excluding carboxylic acids is 1. The van der Waals surface area contributed by atoms with E-state index in [1.165, 1.54) is 18.2 Å². The molecule has 2 aliphatic rings. The first-order chi connectivity index (χ1) is 9.16. The molecule has 19 heavy (non-hydrogen) atoms. The summed E-state index contributed by atoms with van der Waals surface area (Å²) < 4.78 is 13.8. The van der Waals surface area contributed by atoms with Gasteiger partial charge in [0.1, 0.15) is 5.82 Å². The number of rotatable bonds is 1. The van der Waals surface area contributed by atoms with Crippen molar-refractivity contribution in [3.8, 4) is 0 Å². The molecule has 1 aromatic carbocycles. The molecule has 2 heterocycles. The molecule has 0 bridgehead atoms. The third-order valence-corrected chi connectivity index (χ3v) is 4.33. The Hall–Kier alpha value is -1.13. The van der Waals surface area contributed by atoms with Gasteiger partial charge in [-0.1, -0.05) is 11.6 Å². The highest BCUT2D eigenvalue weighted by Gasteiger charge is 2.38. The Balaban J connectivity index is 1.88. The van der Waals surface area contributed by atoms with Gasteiger partial charge in [0.25, 0.3) is 5.91 Å². The fourth-order valence-corrected chi connectivity index (χ4v) is 3.31. The highest BCUT2D eigenvalue weighted by Crippen LogP contribution is 2.28. The van der Waals surface area contributed by atoms with Crippen LogP contribution in [0.3, 0.4) is 0 Å². The van der Waals surface area contributed by atoms with Crippen molar-refractivity contribution in [3.05, 3.63) is 34.6 Å². The number of halogens is 2. The molecule has 0 saturated carbocycles. The van der Waals surface area contributed by atoms with Gasteiger partial charge in [0.2, 0.25) is 0 Å². The molecule has 2 saturated heterocycles. The molecule has 3 rings (SSSR count). The highest BCUT2D eigenvalue weighted by atomic mass is 35.5. The lowest BCUT2D eigenvalue weighted by Gasteiger charge is -2.37. The van der Waals surface area contributed by atoms with E-state index in [0.29, 0.717) is 17.5 Å². The number of nitrogens with zero attached hydrogens (tertiary/aromatic N) is 1. The van der Waals surface area contributed by atoms with Crippen LogP contribution in [0.15, 0.2) is 18.2 Å². The molecule has 2 fully saturated rings. The van der Waals surface area contributed by atoms with Crippen molar-refractivity contribution in [3.63, 3.8) is 0 Å². The molecule has 1 aromatic rings. The molecule has 2 aliphatic heterocycles. The second kappa shape index (κ2) is 5.10. The second-order valence-electron chi connectivity index (χ2n) is 5.25. The largest absolute Gasteiger partial charge is 0.334 e. The van der Waals surface area contributed by atoms with Crippen LogP contribution in [0.2, 0.25) is 5.02 Å². The zero-order chi connectivity index (χ0) is 13.4. The molecule has 0 radical (unpaired) electrons. The van der Waals surface area contributed by atoms with Crippen molar-refractivity contribution >= 4 is 17.5 Å². The summed E-state index contributed by atoms with van der Waals surface area (Å²) in [6.07, 6.45) is 2.12. The molecule has 102 valence electrons. The lowest BCUT2D eigenvalue weighted by molar-refractivity contribution is 0.0570. The Morgan fingerprint density at radius 3 is 3.11 bits per heavy atom. The number of hydrogen-bond donors (Lipinski definition) is 1. The van der Waals surface area contributed by atoms with Gasteiger partial charge in [-0.05, 0) is 37.0 Å². The maximum atomic E-state index is 13.8. The van der Waals surface area contributed by atoms with E-state index in [-0.39, 0.29) is 17.5 Å². The van der Waals surface area contributed by atoms with Gasteiger partial charge in [-0.25, -0.2) is 4.39 Å². The first kappa shape index (κ1) is 12.9. The average Bonchev–Trinajstić information content (AvgIpc) is 2.89. The summed E-state index contributed by atoms with van der Waals surface area (Å²) in [6.45, 7) is 2.46. The van der Waals surface area contributed by atoms with Gasteiger partial charge in [0.05, 0.1) is 5.56 Å². The van der Waals surface area contributed by atoms with E-state index in [1.807, 2.05) is 4.90 Å². The first-order valence-electron chi connectivity index (χ1n) is 6.63. The molecule has 0 spiro atoms. The number of carbonyl (C=O) groups is 1. The topological polar surface area (TPSA) is 32.3 Å². The number of piperidine rings is 1. The van der Waals surface area contributed by atoms with Gasteiger partial charge in [-0.15, -0.1) is 0 Å². The van der Waals surface area contributed by atoms with E-state index in [0.717, 1.165) is 25.9 Å². The molecule has 1 N–H and O–H groups in total. The third kappa shape index (κ3) is 2.35. The van der Waals surface area contributed by atoms with Crippen LogP contribution in [-0.4, -0.2) is 36.5 Å². The number of hydrogen-bond acceptors (Lipinski definition) is 2. The maximum absolute atomic E-state index is 13.8. The Morgan fingerprint density at radius 2 is 2.26 bits per heavy atom. The van der Waals surface area contributed by atoms with Gasteiger partial charge in [-0.3, -0.25) is 4.79 Å². The van der Waals surface area contributed by atoms with Crippen LogP contribution < -0.4 is 5.32 Å². The van der Waals surface area contributed by atoms with Crippen LogP contribution in [0.25, 0.3) is 0 Å². The van der Waals surface area contributed by atoms with E-state index in [2.05, 4.69) is 5.32 Å². The minimum absolute atomic E-state index is 0.0834. The number of likely N-dealkylation sites (tertiary alicyclic amines) is 1. The standard InChI is InChI=1S/C14H16ClFN2O/c15-10-3-4-12(16)11(6-10)14(19)18-5-1-2-9-7-17-8-13(9)18/h3-4,6,9,13,17H,1-2,5,7-8H2. The van der Waals surface area contributed by atoms with Crippen molar-refractivity contribution in [1.82, 2.24) is 10.2 Å². The zero-order valence-corrected chi connectivity index (χ0v) is 11.3. The summed E-state index contributed by atoms with van der Waals surface area (Å²) in [7, 11) is 0. The van der Waals surface area contributed by atoms with Crippen LogP contribution in [-0.2, 0) is 0 Å². The van der Waals surface area contributed by atoms with Gasteiger partial charge in [0, 0.05) is 30.7 Å². The molecule has 5 heteroatoms. The summed E-state index contributed by atoms with van der Waals surface area (Å²) in [6, 6.07) is 4.33. The maximum Gasteiger partial charge on any atom is 0.257 e. The average molecular weight is 283 g/mol. The Labute approximate surface area is 116 Å². The zero-order valence-electron chi connectivity index (χ0n) is 10.5. The summed E-state index contributed by atoms with van der Waals surface area (Å²) in [5.41, 5.74) is 0.0834. The fourth-order valence-electron chi connectivity index (χ4n) is 3.14.